The van der Waals surface area contributed by atoms with Crippen molar-refractivity contribution in [2.45, 2.75) is 33.6 Å². The molecular weight excluding hydrogens is 264 g/mol. The Hall–Kier alpha value is -2.10. The normalized spacial score (nSPS) is 11.0. The van der Waals surface area contributed by atoms with Crippen LogP contribution in [0.5, 0.6) is 0 Å². The number of pyridine rings is 1. The van der Waals surface area contributed by atoms with Crippen LogP contribution in [0, 0.1) is 12.8 Å². The Morgan fingerprint density at radius 2 is 2.05 bits per heavy atom. The molecule has 0 unspecified atom stereocenters. The van der Waals surface area contributed by atoms with E-state index >= 15 is 0 Å². The third kappa shape index (κ3) is 4.18. The maximum absolute atomic E-state index is 12.0. The molecule has 0 radical (unpaired) electrons. The van der Waals surface area contributed by atoms with Gasteiger partial charge in [-0.1, -0.05) is 25.5 Å². The first kappa shape index (κ1) is 15.3. The highest BCUT2D eigenvalue weighted by Gasteiger charge is 2.07. The first-order valence-electron chi connectivity index (χ1n) is 7.35. The van der Waals surface area contributed by atoms with Crippen LogP contribution in [0.1, 0.15) is 31.4 Å². The smallest absolute Gasteiger partial charge is 0.251 e. The summed E-state index contributed by atoms with van der Waals surface area (Å²) in [7, 11) is 0. The fourth-order valence-corrected chi connectivity index (χ4v) is 2.21. The maximum Gasteiger partial charge on any atom is 0.251 e. The molecule has 1 aromatic heterocycles. The van der Waals surface area contributed by atoms with Gasteiger partial charge in [0, 0.05) is 24.0 Å². The lowest BCUT2D eigenvalue weighted by molar-refractivity contribution is -0.121. The van der Waals surface area contributed by atoms with Gasteiger partial charge in [0.2, 0.25) is 5.91 Å². The van der Waals surface area contributed by atoms with Crippen molar-refractivity contribution in [2.75, 3.05) is 6.54 Å². The lowest BCUT2D eigenvalue weighted by Gasteiger charge is -2.08. The minimum atomic E-state index is -0.108. The highest BCUT2D eigenvalue weighted by atomic mass is 16.1. The summed E-state index contributed by atoms with van der Waals surface area (Å²) < 4.78 is 0. The van der Waals surface area contributed by atoms with Crippen molar-refractivity contribution >= 4 is 16.8 Å². The number of fused-ring (bicyclic) bond motifs is 1. The highest BCUT2D eigenvalue weighted by Crippen LogP contribution is 2.13. The molecule has 2 rings (SSSR count). The summed E-state index contributed by atoms with van der Waals surface area (Å²) in [6.45, 7) is 6.79. The second-order valence-electron chi connectivity index (χ2n) is 5.91. The summed E-state index contributed by atoms with van der Waals surface area (Å²) in [6.07, 6.45) is 0.802. The molecule has 0 aliphatic heterocycles. The molecule has 0 spiro atoms. The first-order valence-corrected chi connectivity index (χ1v) is 7.35. The molecule has 1 amide bonds. The minimum Gasteiger partial charge on any atom is -0.356 e. The minimum absolute atomic E-state index is 0.00700. The largest absolute Gasteiger partial charge is 0.356 e. The molecule has 0 aliphatic carbocycles. The summed E-state index contributed by atoms with van der Waals surface area (Å²) in [5.74, 6) is 0.424. The number of carbonyl (C=O) groups is 1. The number of rotatable bonds is 5. The van der Waals surface area contributed by atoms with Crippen LogP contribution in [0.15, 0.2) is 29.1 Å². The monoisotopic (exact) mass is 286 g/mol. The van der Waals surface area contributed by atoms with Gasteiger partial charge in [0.25, 0.3) is 5.56 Å². The number of nitrogens with one attached hydrogen (secondary N) is 2. The van der Waals surface area contributed by atoms with Crippen molar-refractivity contribution in [1.29, 1.82) is 0 Å². The lowest BCUT2D eigenvalue weighted by Crippen LogP contribution is -2.28. The number of benzene rings is 1. The first-order chi connectivity index (χ1) is 9.95. The molecule has 0 fully saturated rings. The number of aryl methyl sites for hydroxylation is 2. The zero-order valence-corrected chi connectivity index (χ0v) is 12.8. The van der Waals surface area contributed by atoms with E-state index in [9.17, 15) is 9.59 Å². The van der Waals surface area contributed by atoms with Gasteiger partial charge < -0.3 is 10.3 Å². The van der Waals surface area contributed by atoms with Crippen LogP contribution >= 0.6 is 0 Å². The van der Waals surface area contributed by atoms with E-state index in [-0.39, 0.29) is 11.5 Å². The van der Waals surface area contributed by atoms with E-state index in [1.54, 1.807) is 0 Å². The van der Waals surface area contributed by atoms with Crippen LogP contribution in [0.25, 0.3) is 10.9 Å². The summed E-state index contributed by atoms with van der Waals surface area (Å²) in [5.41, 5.74) is 2.53. The third-order valence-electron chi connectivity index (χ3n) is 3.41. The Balaban J connectivity index is 2.09. The average molecular weight is 286 g/mol. The number of amides is 1. The van der Waals surface area contributed by atoms with Crippen LogP contribution in [-0.2, 0) is 11.2 Å². The number of hydrogen-bond acceptors (Lipinski definition) is 2. The molecule has 112 valence electrons. The van der Waals surface area contributed by atoms with Crippen LogP contribution in [0.3, 0.4) is 0 Å². The van der Waals surface area contributed by atoms with E-state index in [2.05, 4.69) is 24.1 Å². The number of aromatic nitrogens is 1. The van der Waals surface area contributed by atoms with E-state index in [4.69, 9.17) is 0 Å². The van der Waals surface area contributed by atoms with Crippen LogP contribution < -0.4 is 10.9 Å². The Bertz CT molecular complexity index is 701. The standard InChI is InChI=1S/C17H22N2O2/c1-11(2)10-18-16(20)7-5-13-9-14-8-12(3)4-6-15(14)19-17(13)21/h4,6,8-9,11H,5,7,10H2,1-3H3,(H,18,20)(H,19,21). The van der Waals surface area contributed by atoms with Gasteiger partial charge in [-0.2, -0.15) is 0 Å². The van der Waals surface area contributed by atoms with Crippen molar-refractivity contribution in [3.63, 3.8) is 0 Å². The predicted molar refractivity (Wildman–Crippen MR) is 85.5 cm³/mol. The SMILES string of the molecule is Cc1ccc2[nH]c(=O)c(CCC(=O)NCC(C)C)cc2c1. The molecule has 4 nitrogen and oxygen atoms in total. The van der Waals surface area contributed by atoms with Crippen LogP contribution in [0.2, 0.25) is 0 Å². The van der Waals surface area contributed by atoms with Crippen LogP contribution in [0.4, 0.5) is 0 Å². The number of carbonyl (C=O) groups excluding carboxylic acids is 1. The quantitative estimate of drug-likeness (QED) is 0.887. The maximum atomic E-state index is 12.0. The van der Waals surface area contributed by atoms with Gasteiger partial charge >= 0.3 is 0 Å². The summed E-state index contributed by atoms with van der Waals surface area (Å²) >= 11 is 0. The van der Waals surface area contributed by atoms with Crippen molar-refractivity contribution in [1.82, 2.24) is 10.3 Å². The van der Waals surface area contributed by atoms with Crippen molar-refractivity contribution in [3.8, 4) is 0 Å². The average Bonchev–Trinajstić information content (AvgIpc) is 2.43. The zero-order valence-electron chi connectivity index (χ0n) is 12.8. The molecule has 2 aromatic rings. The van der Waals surface area contributed by atoms with Gasteiger partial charge in [-0.3, -0.25) is 9.59 Å². The molecule has 4 heteroatoms. The van der Waals surface area contributed by atoms with E-state index in [0.29, 0.717) is 30.9 Å². The van der Waals surface area contributed by atoms with Gasteiger partial charge in [0.1, 0.15) is 0 Å². The van der Waals surface area contributed by atoms with Gasteiger partial charge in [-0.15, -0.1) is 0 Å². The number of aromatic amines is 1. The van der Waals surface area contributed by atoms with Gasteiger partial charge in [-0.25, -0.2) is 0 Å². The van der Waals surface area contributed by atoms with E-state index in [1.807, 2.05) is 31.2 Å². The summed E-state index contributed by atoms with van der Waals surface area (Å²) in [5, 5.41) is 3.87. The topological polar surface area (TPSA) is 62.0 Å². The molecule has 0 atom stereocenters. The molecule has 21 heavy (non-hydrogen) atoms. The lowest BCUT2D eigenvalue weighted by atomic mass is 10.1. The Labute approximate surface area is 124 Å². The van der Waals surface area contributed by atoms with E-state index in [0.717, 1.165) is 16.5 Å². The van der Waals surface area contributed by atoms with Crippen molar-refractivity contribution in [3.05, 3.63) is 45.7 Å². The molecule has 1 aromatic carbocycles. The third-order valence-corrected chi connectivity index (χ3v) is 3.41. The predicted octanol–water partition coefficient (Wildman–Crippen LogP) is 2.54. The molecule has 1 heterocycles. The molecule has 0 aliphatic rings. The Kier molecular flexibility index (Phi) is 4.78. The molecular formula is C17H22N2O2. The second kappa shape index (κ2) is 6.57. The number of H-pyrrole nitrogens is 1. The Morgan fingerprint density at radius 3 is 2.76 bits per heavy atom. The second-order valence-corrected chi connectivity index (χ2v) is 5.91. The van der Waals surface area contributed by atoms with Gasteiger partial charge in [0.05, 0.1) is 0 Å². The molecule has 2 N–H and O–H groups in total. The summed E-state index contributed by atoms with van der Waals surface area (Å²) in [6, 6.07) is 7.80. The fraction of sp³-hybridized carbons (Fsp3) is 0.412. The zero-order chi connectivity index (χ0) is 15.4. The van der Waals surface area contributed by atoms with E-state index < -0.39 is 0 Å². The van der Waals surface area contributed by atoms with Gasteiger partial charge in [-0.05, 0) is 42.8 Å². The van der Waals surface area contributed by atoms with Gasteiger partial charge in [0.15, 0.2) is 0 Å². The molecule has 0 bridgehead atoms. The Morgan fingerprint density at radius 1 is 1.29 bits per heavy atom. The number of hydrogen-bond donors (Lipinski definition) is 2. The van der Waals surface area contributed by atoms with Crippen molar-refractivity contribution < 1.29 is 4.79 Å². The summed E-state index contributed by atoms with van der Waals surface area (Å²) in [4.78, 5) is 26.6. The highest BCUT2D eigenvalue weighted by molar-refractivity contribution is 5.80. The van der Waals surface area contributed by atoms with E-state index in [1.165, 1.54) is 0 Å². The van der Waals surface area contributed by atoms with Crippen LogP contribution in [-0.4, -0.2) is 17.4 Å². The molecule has 0 saturated carbocycles. The van der Waals surface area contributed by atoms with Crippen molar-refractivity contribution in [2.24, 2.45) is 5.92 Å². The fourth-order valence-electron chi connectivity index (χ4n) is 2.21. The molecule has 0 saturated heterocycles.